The Morgan fingerprint density at radius 1 is 1.18 bits per heavy atom. The van der Waals surface area contributed by atoms with Crippen LogP contribution >= 0.6 is 15.9 Å². The zero-order chi connectivity index (χ0) is 16.3. The summed E-state index contributed by atoms with van der Waals surface area (Å²) in [6, 6.07) is 12.0. The Balaban J connectivity index is 2.25. The van der Waals surface area contributed by atoms with Crippen LogP contribution < -0.4 is 9.46 Å². The molecule has 0 aliphatic heterocycles. The topological polar surface area (TPSA) is 55.4 Å². The number of rotatable bonds is 5. The van der Waals surface area contributed by atoms with Gasteiger partial charge in [0.2, 0.25) is 10.0 Å². The van der Waals surface area contributed by atoms with Crippen molar-refractivity contribution in [2.75, 3.05) is 7.11 Å². The normalized spacial score (nSPS) is 12.9. The summed E-state index contributed by atoms with van der Waals surface area (Å²) in [5.74, 6) is 0.666. The first kappa shape index (κ1) is 17.0. The summed E-state index contributed by atoms with van der Waals surface area (Å²) in [5, 5.41) is 0. The van der Waals surface area contributed by atoms with Crippen molar-refractivity contribution in [2.24, 2.45) is 0 Å². The Labute approximate surface area is 139 Å². The largest absolute Gasteiger partial charge is 0.496 e. The predicted molar refractivity (Wildman–Crippen MR) is 90.6 cm³/mol. The maximum absolute atomic E-state index is 12.5. The minimum Gasteiger partial charge on any atom is -0.496 e. The van der Waals surface area contributed by atoms with Gasteiger partial charge in [-0.05, 0) is 55.3 Å². The van der Waals surface area contributed by atoms with Crippen molar-refractivity contribution in [2.45, 2.75) is 24.8 Å². The molecule has 1 N–H and O–H groups in total. The second-order valence-corrected chi connectivity index (χ2v) is 7.66. The lowest BCUT2D eigenvalue weighted by Crippen LogP contribution is -2.27. The van der Waals surface area contributed by atoms with Crippen LogP contribution in [0.3, 0.4) is 0 Å². The van der Waals surface area contributed by atoms with Crippen molar-refractivity contribution in [3.05, 3.63) is 58.1 Å². The first-order chi connectivity index (χ1) is 10.3. The Morgan fingerprint density at radius 2 is 1.91 bits per heavy atom. The molecule has 2 rings (SSSR count). The predicted octanol–water partition coefficient (Wildman–Crippen LogP) is 3.81. The van der Waals surface area contributed by atoms with Crippen molar-refractivity contribution in [1.29, 1.82) is 0 Å². The molecule has 2 aromatic rings. The molecule has 1 atom stereocenters. The van der Waals surface area contributed by atoms with Crippen LogP contribution in [-0.4, -0.2) is 15.5 Å². The molecule has 2 aromatic carbocycles. The van der Waals surface area contributed by atoms with Gasteiger partial charge in [-0.25, -0.2) is 13.1 Å². The number of ether oxygens (including phenoxy) is 1. The van der Waals surface area contributed by atoms with Gasteiger partial charge in [-0.2, -0.15) is 0 Å². The smallest absolute Gasteiger partial charge is 0.241 e. The van der Waals surface area contributed by atoms with Gasteiger partial charge in [0.25, 0.3) is 0 Å². The van der Waals surface area contributed by atoms with Gasteiger partial charge < -0.3 is 4.74 Å². The highest BCUT2D eigenvalue weighted by atomic mass is 79.9. The number of aryl methyl sites for hydroxylation is 1. The number of methoxy groups -OCH3 is 1. The summed E-state index contributed by atoms with van der Waals surface area (Å²) in [4.78, 5) is 0.229. The van der Waals surface area contributed by atoms with Crippen LogP contribution in [0.5, 0.6) is 5.75 Å². The maximum Gasteiger partial charge on any atom is 0.241 e. The van der Waals surface area contributed by atoms with Crippen LogP contribution in [0.4, 0.5) is 0 Å². The molecule has 0 bridgehead atoms. The molecule has 4 nitrogen and oxygen atoms in total. The summed E-state index contributed by atoms with van der Waals surface area (Å²) in [6.07, 6.45) is 0. The second kappa shape index (κ2) is 6.81. The number of sulfonamides is 1. The second-order valence-electron chi connectivity index (χ2n) is 5.03. The molecule has 6 heteroatoms. The number of hydrogen-bond acceptors (Lipinski definition) is 3. The van der Waals surface area contributed by atoms with Gasteiger partial charge in [0.05, 0.1) is 12.0 Å². The van der Waals surface area contributed by atoms with Crippen molar-refractivity contribution in [1.82, 2.24) is 4.72 Å². The summed E-state index contributed by atoms with van der Waals surface area (Å²) in [5.41, 5.74) is 1.67. The summed E-state index contributed by atoms with van der Waals surface area (Å²) in [7, 11) is -2.03. The van der Waals surface area contributed by atoms with Gasteiger partial charge in [0.15, 0.2) is 0 Å². The van der Waals surface area contributed by atoms with Gasteiger partial charge >= 0.3 is 0 Å². The third-order valence-corrected chi connectivity index (χ3v) is 5.39. The van der Waals surface area contributed by atoms with Gasteiger partial charge in [-0.3, -0.25) is 0 Å². The van der Waals surface area contributed by atoms with E-state index in [1.54, 1.807) is 25.3 Å². The molecule has 0 saturated heterocycles. The van der Waals surface area contributed by atoms with Gasteiger partial charge in [0, 0.05) is 10.5 Å². The van der Waals surface area contributed by atoms with E-state index in [4.69, 9.17) is 4.74 Å². The lowest BCUT2D eigenvalue weighted by atomic mass is 10.1. The van der Waals surface area contributed by atoms with Crippen LogP contribution in [-0.2, 0) is 10.0 Å². The van der Waals surface area contributed by atoms with E-state index in [1.807, 2.05) is 38.1 Å². The van der Waals surface area contributed by atoms with Crippen molar-refractivity contribution >= 4 is 26.0 Å². The molecule has 0 saturated carbocycles. The third-order valence-electron chi connectivity index (χ3n) is 3.36. The number of nitrogens with one attached hydrogen (secondary N) is 1. The van der Waals surface area contributed by atoms with Gasteiger partial charge in [0.1, 0.15) is 5.75 Å². The molecule has 0 heterocycles. The fourth-order valence-corrected chi connectivity index (χ4v) is 3.90. The van der Waals surface area contributed by atoms with Gasteiger partial charge in [-0.1, -0.05) is 28.1 Å². The minimum absolute atomic E-state index is 0.229. The lowest BCUT2D eigenvalue weighted by Gasteiger charge is -2.16. The minimum atomic E-state index is -3.59. The van der Waals surface area contributed by atoms with Gasteiger partial charge in [-0.15, -0.1) is 0 Å². The zero-order valence-corrected chi connectivity index (χ0v) is 15.0. The first-order valence-electron chi connectivity index (χ1n) is 6.76. The molecular formula is C16H18BrNO3S. The molecule has 0 aromatic heterocycles. The third kappa shape index (κ3) is 3.88. The molecule has 0 radical (unpaired) electrons. The molecule has 0 spiro atoms. The maximum atomic E-state index is 12.5. The number of halogens is 1. The number of benzene rings is 2. The van der Waals surface area contributed by atoms with Crippen molar-refractivity contribution in [3.8, 4) is 5.75 Å². The molecule has 0 fully saturated rings. The van der Waals surface area contributed by atoms with Crippen LogP contribution in [0.15, 0.2) is 51.8 Å². The van der Waals surface area contributed by atoms with E-state index in [0.717, 1.165) is 15.6 Å². The van der Waals surface area contributed by atoms with Crippen molar-refractivity contribution < 1.29 is 13.2 Å². The Morgan fingerprint density at radius 3 is 2.50 bits per heavy atom. The molecular weight excluding hydrogens is 366 g/mol. The van der Waals surface area contributed by atoms with E-state index in [9.17, 15) is 8.42 Å². The Kier molecular flexibility index (Phi) is 5.26. The summed E-state index contributed by atoms with van der Waals surface area (Å²) >= 11 is 3.39. The fourth-order valence-electron chi connectivity index (χ4n) is 2.16. The first-order valence-corrected chi connectivity index (χ1v) is 9.03. The highest BCUT2D eigenvalue weighted by Crippen LogP contribution is 2.24. The quantitative estimate of drug-likeness (QED) is 0.853. The highest BCUT2D eigenvalue weighted by Gasteiger charge is 2.19. The number of hydrogen-bond donors (Lipinski definition) is 1. The van der Waals surface area contributed by atoms with E-state index in [1.165, 1.54) is 0 Å². The van der Waals surface area contributed by atoms with E-state index < -0.39 is 10.0 Å². The molecule has 0 aliphatic carbocycles. The monoisotopic (exact) mass is 383 g/mol. The average molecular weight is 384 g/mol. The van der Waals surface area contributed by atoms with Crippen LogP contribution in [0.25, 0.3) is 0 Å². The highest BCUT2D eigenvalue weighted by molar-refractivity contribution is 9.10. The average Bonchev–Trinajstić information content (AvgIpc) is 2.46. The van der Waals surface area contributed by atoms with Crippen molar-refractivity contribution in [3.63, 3.8) is 0 Å². The van der Waals surface area contributed by atoms with E-state index >= 15 is 0 Å². The standard InChI is InChI=1S/C16H18BrNO3S/c1-11-9-15(7-8-16(11)21-3)22(19,20)18-12(2)13-5-4-6-14(17)10-13/h4-10,12,18H,1-3H3/t12-/m1/s1. The van der Waals surface area contributed by atoms with Crippen LogP contribution in [0.1, 0.15) is 24.1 Å². The van der Waals surface area contributed by atoms with Crippen LogP contribution in [0.2, 0.25) is 0 Å². The summed E-state index contributed by atoms with van der Waals surface area (Å²) < 4.78 is 33.7. The molecule has 0 aliphatic rings. The zero-order valence-electron chi connectivity index (χ0n) is 12.6. The lowest BCUT2D eigenvalue weighted by molar-refractivity contribution is 0.411. The Bertz CT molecular complexity index is 775. The SMILES string of the molecule is COc1ccc(S(=O)(=O)N[C@H](C)c2cccc(Br)c2)cc1C. The molecule has 22 heavy (non-hydrogen) atoms. The fraction of sp³-hybridized carbons (Fsp3) is 0.250. The van der Waals surface area contributed by atoms with E-state index in [-0.39, 0.29) is 10.9 Å². The molecule has 0 amide bonds. The molecule has 118 valence electrons. The van der Waals surface area contributed by atoms with Crippen LogP contribution in [0, 0.1) is 6.92 Å². The van der Waals surface area contributed by atoms with E-state index in [0.29, 0.717) is 5.75 Å². The molecule has 0 unspecified atom stereocenters. The Hall–Kier alpha value is -1.37. The summed E-state index contributed by atoms with van der Waals surface area (Å²) in [6.45, 7) is 3.63. The van der Waals surface area contributed by atoms with E-state index in [2.05, 4.69) is 20.7 Å².